The highest BCUT2D eigenvalue weighted by Gasteiger charge is 2.01. The van der Waals surface area contributed by atoms with Gasteiger partial charge in [0.2, 0.25) is 0 Å². The summed E-state index contributed by atoms with van der Waals surface area (Å²) in [5.74, 6) is 1.18. The molecular formula is C11H22N2. The molecule has 1 heterocycles. The second-order valence-electron chi connectivity index (χ2n) is 3.41. The van der Waals surface area contributed by atoms with E-state index in [0.717, 1.165) is 6.42 Å². The van der Waals surface area contributed by atoms with Crippen LogP contribution >= 0.6 is 0 Å². The molecule has 0 N–H and O–H groups in total. The Bertz CT molecular complexity index is 214. The van der Waals surface area contributed by atoms with Crippen LogP contribution in [0.2, 0.25) is 0 Å². The minimum atomic E-state index is 0.539. The van der Waals surface area contributed by atoms with Crippen molar-refractivity contribution in [3.05, 3.63) is 18.2 Å². The molecule has 0 saturated carbocycles. The first kappa shape index (κ1) is 12.2. The highest BCUT2D eigenvalue weighted by molar-refractivity contribution is 4.93. The zero-order chi connectivity index (χ0) is 10.3. The number of imidazole rings is 1. The largest absolute Gasteiger partial charge is 0.332 e. The highest BCUT2D eigenvalue weighted by atomic mass is 15.1. The van der Waals surface area contributed by atoms with Crippen LogP contribution in [0.25, 0.3) is 0 Å². The maximum Gasteiger partial charge on any atom is 0.108 e. The summed E-state index contributed by atoms with van der Waals surface area (Å²) in [4.78, 5) is 4.22. The normalized spacial score (nSPS) is 9.69. The minimum absolute atomic E-state index is 0.539. The number of aryl methyl sites for hydroxylation is 1. The van der Waals surface area contributed by atoms with E-state index < -0.39 is 0 Å². The Hall–Kier alpha value is -0.790. The lowest BCUT2D eigenvalue weighted by Crippen LogP contribution is -2.03. The molecule has 0 aliphatic rings. The third-order valence-electron chi connectivity index (χ3n) is 1.62. The maximum atomic E-state index is 4.22. The van der Waals surface area contributed by atoms with Gasteiger partial charge in [-0.15, -0.1) is 0 Å². The zero-order valence-electron chi connectivity index (χ0n) is 9.54. The lowest BCUT2D eigenvalue weighted by atomic mass is 10.3. The number of hydrogen-bond acceptors (Lipinski definition) is 1. The summed E-state index contributed by atoms with van der Waals surface area (Å²) in [6.45, 7) is 10.7. The fraction of sp³-hybridized carbons (Fsp3) is 0.727. The monoisotopic (exact) mass is 182 g/mol. The van der Waals surface area contributed by atoms with E-state index >= 15 is 0 Å². The summed E-state index contributed by atoms with van der Waals surface area (Å²) in [5, 5.41) is 0. The number of hydrogen-bond donors (Lipinski definition) is 0. The van der Waals surface area contributed by atoms with Crippen LogP contribution in [0.4, 0.5) is 0 Å². The number of rotatable bonds is 2. The van der Waals surface area contributed by atoms with Gasteiger partial charge in [-0.3, -0.25) is 0 Å². The van der Waals surface area contributed by atoms with Crippen molar-refractivity contribution in [1.82, 2.24) is 9.55 Å². The van der Waals surface area contributed by atoms with E-state index in [1.165, 1.54) is 12.2 Å². The molecule has 0 aromatic carbocycles. The molecule has 0 saturated heterocycles. The Labute approximate surface area is 82.0 Å². The van der Waals surface area contributed by atoms with E-state index in [-0.39, 0.29) is 0 Å². The Morgan fingerprint density at radius 1 is 1.31 bits per heavy atom. The van der Waals surface area contributed by atoms with E-state index in [1.54, 1.807) is 0 Å². The summed E-state index contributed by atoms with van der Waals surface area (Å²) in [6.07, 6.45) is 6.16. The molecule has 2 heteroatoms. The van der Waals surface area contributed by atoms with E-state index in [1.807, 2.05) is 12.4 Å². The predicted molar refractivity (Wildman–Crippen MR) is 58.0 cm³/mol. The topological polar surface area (TPSA) is 17.8 Å². The molecule has 0 aliphatic carbocycles. The second-order valence-corrected chi connectivity index (χ2v) is 3.41. The van der Waals surface area contributed by atoms with Gasteiger partial charge < -0.3 is 4.57 Å². The van der Waals surface area contributed by atoms with Crippen LogP contribution < -0.4 is 0 Å². The van der Waals surface area contributed by atoms with Crippen LogP contribution in [0.1, 0.15) is 52.9 Å². The van der Waals surface area contributed by atoms with Crippen molar-refractivity contribution < 1.29 is 0 Å². The van der Waals surface area contributed by atoms with Gasteiger partial charge in [0.25, 0.3) is 0 Å². The molecule has 1 aromatic rings. The number of nitrogens with zero attached hydrogens (tertiary/aromatic N) is 2. The van der Waals surface area contributed by atoms with Gasteiger partial charge in [0, 0.05) is 24.9 Å². The van der Waals surface area contributed by atoms with Crippen LogP contribution in [0.3, 0.4) is 0 Å². The van der Waals surface area contributed by atoms with Crippen molar-refractivity contribution in [3.8, 4) is 0 Å². The average molecular weight is 182 g/mol. The predicted octanol–water partition coefficient (Wildman–Crippen LogP) is 3.44. The smallest absolute Gasteiger partial charge is 0.108 e. The first-order valence-corrected chi connectivity index (χ1v) is 5.18. The van der Waals surface area contributed by atoms with Gasteiger partial charge in [0.05, 0.1) is 0 Å². The van der Waals surface area contributed by atoms with Crippen LogP contribution in [0.15, 0.2) is 12.4 Å². The first-order valence-electron chi connectivity index (χ1n) is 5.18. The van der Waals surface area contributed by atoms with Gasteiger partial charge in [-0.25, -0.2) is 4.98 Å². The fourth-order valence-electron chi connectivity index (χ4n) is 1.09. The molecule has 0 aliphatic heterocycles. The first-order chi connectivity index (χ1) is 6.17. The third-order valence-corrected chi connectivity index (χ3v) is 1.62. The van der Waals surface area contributed by atoms with Gasteiger partial charge in [-0.05, 0) is 13.8 Å². The molecule has 0 fully saturated rings. The molecule has 0 spiro atoms. The van der Waals surface area contributed by atoms with Crippen molar-refractivity contribution >= 4 is 0 Å². The lowest BCUT2D eigenvalue weighted by Gasteiger charge is -2.08. The molecule has 0 radical (unpaired) electrons. The average Bonchev–Trinajstić information content (AvgIpc) is 2.52. The number of aromatic nitrogens is 2. The summed E-state index contributed by atoms with van der Waals surface area (Å²) in [5.41, 5.74) is 0. The van der Waals surface area contributed by atoms with Gasteiger partial charge in [0.1, 0.15) is 5.82 Å². The van der Waals surface area contributed by atoms with Gasteiger partial charge in [-0.2, -0.15) is 0 Å². The Kier molecular flexibility index (Phi) is 6.29. The van der Waals surface area contributed by atoms with Gasteiger partial charge in [0.15, 0.2) is 0 Å². The molecule has 1 rings (SSSR count). The Morgan fingerprint density at radius 2 is 1.85 bits per heavy atom. The summed E-state index contributed by atoms with van der Waals surface area (Å²) in [6, 6.07) is 0.539. The van der Waals surface area contributed by atoms with Crippen molar-refractivity contribution in [1.29, 1.82) is 0 Å². The van der Waals surface area contributed by atoms with Crippen molar-refractivity contribution in [2.75, 3.05) is 0 Å². The van der Waals surface area contributed by atoms with E-state index in [9.17, 15) is 0 Å². The molecule has 0 bridgehead atoms. The van der Waals surface area contributed by atoms with Crippen LogP contribution in [0, 0.1) is 0 Å². The second kappa shape index (κ2) is 6.70. The molecule has 76 valence electrons. The lowest BCUT2D eigenvalue weighted by molar-refractivity contribution is 0.571. The molecule has 13 heavy (non-hydrogen) atoms. The fourth-order valence-corrected chi connectivity index (χ4v) is 1.09. The van der Waals surface area contributed by atoms with E-state index in [4.69, 9.17) is 0 Å². The van der Waals surface area contributed by atoms with E-state index in [2.05, 4.69) is 44.2 Å². The summed E-state index contributed by atoms with van der Waals surface area (Å²) >= 11 is 0. The third kappa shape index (κ3) is 4.11. The standard InChI is InChI=1S/C8H14N2.C3H8/c1-4-8-9-5-6-10(8)7(2)3;1-3-2/h5-7H,4H2,1-3H3;3H2,1-2H3. The molecule has 1 aromatic heterocycles. The SMILES string of the molecule is CCC.CCc1nccn1C(C)C. The van der Waals surface area contributed by atoms with Gasteiger partial charge in [-0.1, -0.05) is 27.2 Å². The van der Waals surface area contributed by atoms with E-state index in [0.29, 0.717) is 6.04 Å². The van der Waals surface area contributed by atoms with Crippen molar-refractivity contribution in [3.63, 3.8) is 0 Å². The minimum Gasteiger partial charge on any atom is -0.332 e. The zero-order valence-corrected chi connectivity index (χ0v) is 9.54. The highest BCUT2D eigenvalue weighted by Crippen LogP contribution is 2.07. The summed E-state index contributed by atoms with van der Waals surface area (Å²) in [7, 11) is 0. The Morgan fingerprint density at radius 3 is 2.15 bits per heavy atom. The molecule has 0 amide bonds. The molecule has 2 nitrogen and oxygen atoms in total. The molecular weight excluding hydrogens is 160 g/mol. The summed E-state index contributed by atoms with van der Waals surface area (Å²) < 4.78 is 2.19. The molecule has 0 atom stereocenters. The van der Waals surface area contributed by atoms with Gasteiger partial charge >= 0.3 is 0 Å². The molecule has 0 unspecified atom stereocenters. The Balaban J connectivity index is 0.000000424. The maximum absolute atomic E-state index is 4.22. The van der Waals surface area contributed by atoms with Crippen LogP contribution in [-0.4, -0.2) is 9.55 Å². The van der Waals surface area contributed by atoms with Crippen LogP contribution in [0.5, 0.6) is 0 Å². The quantitative estimate of drug-likeness (QED) is 0.685. The van der Waals surface area contributed by atoms with Crippen molar-refractivity contribution in [2.45, 2.75) is 53.5 Å². The van der Waals surface area contributed by atoms with Crippen molar-refractivity contribution in [2.24, 2.45) is 0 Å². The van der Waals surface area contributed by atoms with Crippen LogP contribution in [-0.2, 0) is 6.42 Å².